The van der Waals surface area contributed by atoms with Gasteiger partial charge in [0.05, 0.1) is 23.1 Å². The van der Waals surface area contributed by atoms with Crippen LogP contribution in [0.3, 0.4) is 0 Å². The summed E-state index contributed by atoms with van der Waals surface area (Å²) in [5, 5.41) is 11.5. The third kappa shape index (κ3) is 5.42. The van der Waals surface area contributed by atoms with E-state index in [9.17, 15) is 13.2 Å². The highest BCUT2D eigenvalue weighted by Gasteiger charge is 2.23. The fourth-order valence-electron chi connectivity index (χ4n) is 2.64. The van der Waals surface area contributed by atoms with E-state index < -0.39 is 15.9 Å². The van der Waals surface area contributed by atoms with Gasteiger partial charge in [0.25, 0.3) is 0 Å². The van der Waals surface area contributed by atoms with Gasteiger partial charge in [-0.05, 0) is 61.0 Å². The van der Waals surface area contributed by atoms with Crippen LogP contribution in [0.15, 0.2) is 65.8 Å². The first kappa shape index (κ1) is 21.9. The zero-order chi connectivity index (χ0) is 22.4. The lowest BCUT2D eigenvalue weighted by atomic mass is 10.2. The highest BCUT2D eigenvalue weighted by molar-refractivity contribution is 7.89. The summed E-state index contributed by atoms with van der Waals surface area (Å²) >= 11 is 0. The second-order valence-electron chi connectivity index (χ2n) is 6.56. The Hall–Kier alpha value is -3.81. The van der Waals surface area contributed by atoms with E-state index in [4.69, 9.17) is 10.00 Å². The molecule has 31 heavy (non-hydrogen) atoms. The number of hydrogen-bond donors (Lipinski definition) is 1. The molecule has 1 amide bonds. The first-order valence-electron chi connectivity index (χ1n) is 9.11. The number of benzene rings is 2. The molecule has 0 unspecified atom stereocenters. The molecule has 9 nitrogen and oxygen atoms in total. The van der Waals surface area contributed by atoms with Gasteiger partial charge in [-0.25, -0.2) is 18.4 Å². The van der Waals surface area contributed by atoms with Crippen molar-refractivity contribution in [2.75, 3.05) is 18.9 Å². The third-order valence-electron chi connectivity index (χ3n) is 4.28. The molecule has 3 aromatic rings. The quantitative estimate of drug-likeness (QED) is 0.602. The average molecular weight is 437 g/mol. The smallest absolute Gasteiger partial charge is 0.321 e. The summed E-state index contributed by atoms with van der Waals surface area (Å²) in [5.74, 6) is 0.00471. The van der Waals surface area contributed by atoms with Crippen LogP contribution in [-0.2, 0) is 14.8 Å². The molecular weight excluding hydrogens is 418 g/mol. The molecule has 10 heteroatoms. The van der Waals surface area contributed by atoms with Crippen LogP contribution in [0.4, 0.5) is 5.69 Å². The summed E-state index contributed by atoms with van der Waals surface area (Å²) in [4.78, 5) is 20.4. The van der Waals surface area contributed by atoms with Gasteiger partial charge in [0.1, 0.15) is 5.75 Å². The van der Waals surface area contributed by atoms with E-state index in [2.05, 4.69) is 15.3 Å². The molecule has 0 aliphatic carbocycles. The molecule has 0 bridgehead atoms. The van der Waals surface area contributed by atoms with Gasteiger partial charge in [-0.2, -0.15) is 9.57 Å². The van der Waals surface area contributed by atoms with E-state index in [1.807, 2.05) is 6.07 Å². The summed E-state index contributed by atoms with van der Waals surface area (Å²) in [7, 11) is -2.56. The van der Waals surface area contributed by atoms with E-state index in [0.29, 0.717) is 17.0 Å². The Morgan fingerprint density at radius 3 is 2.45 bits per heavy atom. The van der Waals surface area contributed by atoms with Gasteiger partial charge in [-0.15, -0.1) is 0 Å². The number of anilines is 1. The molecule has 3 rings (SSSR count). The normalized spacial score (nSPS) is 11.0. The lowest BCUT2D eigenvalue weighted by Gasteiger charge is -2.17. The van der Waals surface area contributed by atoms with E-state index in [-0.39, 0.29) is 17.5 Å². The number of sulfonamides is 1. The number of ether oxygens (including phenoxy) is 1. The second kappa shape index (κ2) is 9.34. The topological polar surface area (TPSA) is 125 Å². The van der Waals surface area contributed by atoms with Crippen molar-refractivity contribution in [2.24, 2.45) is 0 Å². The number of nitrogens with one attached hydrogen (secondary N) is 1. The van der Waals surface area contributed by atoms with Crippen LogP contribution < -0.4 is 10.1 Å². The van der Waals surface area contributed by atoms with Crippen LogP contribution in [0.1, 0.15) is 11.1 Å². The molecule has 158 valence electrons. The number of carbonyl (C=O) groups is 1. The molecule has 0 atom stereocenters. The Morgan fingerprint density at radius 2 is 1.84 bits per heavy atom. The number of nitriles is 1. The third-order valence-corrected chi connectivity index (χ3v) is 6.10. The lowest BCUT2D eigenvalue weighted by molar-refractivity contribution is -0.116. The average Bonchev–Trinajstić information content (AvgIpc) is 2.76. The van der Waals surface area contributed by atoms with Crippen LogP contribution in [0.5, 0.6) is 11.8 Å². The monoisotopic (exact) mass is 437 g/mol. The highest BCUT2D eigenvalue weighted by atomic mass is 32.2. The van der Waals surface area contributed by atoms with Crippen molar-refractivity contribution in [3.8, 4) is 17.8 Å². The summed E-state index contributed by atoms with van der Waals surface area (Å²) in [6.07, 6.45) is 3.12. The molecule has 0 saturated carbocycles. The largest absolute Gasteiger partial charge is 0.424 e. The first-order chi connectivity index (χ1) is 14.8. The molecule has 0 aliphatic rings. The number of hydrogen-bond acceptors (Lipinski definition) is 7. The summed E-state index contributed by atoms with van der Waals surface area (Å²) in [6, 6.07) is 14.3. The zero-order valence-electron chi connectivity index (χ0n) is 16.8. The first-order valence-corrected chi connectivity index (χ1v) is 10.6. The van der Waals surface area contributed by atoms with Gasteiger partial charge in [0.15, 0.2) is 0 Å². The van der Waals surface area contributed by atoms with Gasteiger partial charge >= 0.3 is 6.01 Å². The Morgan fingerprint density at radius 1 is 1.16 bits per heavy atom. The molecule has 0 saturated heterocycles. The zero-order valence-corrected chi connectivity index (χ0v) is 17.6. The van der Waals surface area contributed by atoms with Crippen LogP contribution in [-0.4, -0.2) is 42.2 Å². The number of aromatic nitrogens is 2. The predicted molar refractivity (Wildman–Crippen MR) is 113 cm³/mol. The van der Waals surface area contributed by atoms with Crippen molar-refractivity contribution in [3.05, 3.63) is 72.1 Å². The van der Waals surface area contributed by atoms with E-state index >= 15 is 0 Å². The van der Waals surface area contributed by atoms with Crippen LogP contribution in [0.2, 0.25) is 0 Å². The Kier molecular flexibility index (Phi) is 6.59. The Bertz CT molecular complexity index is 1220. The highest BCUT2D eigenvalue weighted by Crippen LogP contribution is 2.24. The van der Waals surface area contributed by atoms with E-state index in [0.717, 1.165) is 9.87 Å². The van der Waals surface area contributed by atoms with Gasteiger partial charge < -0.3 is 10.1 Å². The molecule has 0 radical (unpaired) electrons. The predicted octanol–water partition coefficient (Wildman–Crippen LogP) is 2.71. The van der Waals surface area contributed by atoms with Crippen LogP contribution >= 0.6 is 0 Å². The number of aryl methyl sites for hydroxylation is 1. The van der Waals surface area contributed by atoms with Crippen molar-refractivity contribution in [1.82, 2.24) is 14.3 Å². The SMILES string of the molecule is Cc1cc(Oc2ncccn2)ccc1NC(=O)CN(C)S(=O)(=O)c1ccc(C#N)cc1. The van der Waals surface area contributed by atoms with Gasteiger partial charge in [0, 0.05) is 25.1 Å². The van der Waals surface area contributed by atoms with Crippen molar-refractivity contribution in [2.45, 2.75) is 11.8 Å². The van der Waals surface area contributed by atoms with Crippen molar-refractivity contribution >= 4 is 21.6 Å². The molecule has 1 aromatic heterocycles. The summed E-state index contributed by atoms with van der Waals surface area (Å²) in [5.41, 5.74) is 1.59. The standard InChI is InChI=1S/C21H19N5O4S/c1-15-12-17(30-21-23-10-3-11-24-21)6-9-19(15)25-20(27)14-26(2)31(28,29)18-7-4-16(13-22)5-8-18/h3-12H,14H2,1-2H3,(H,25,27). The summed E-state index contributed by atoms with van der Waals surface area (Å²) < 4.78 is 31.8. The number of amides is 1. The fourth-order valence-corrected chi connectivity index (χ4v) is 3.77. The van der Waals surface area contributed by atoms with E-state index in [1.54, 1.807) is 43.6 Å². The number of likely N-dealkylation sites (N-methyl/N-ethyl adjacent to an activating group) is 1. The molecule has 0 spiro atoms. The molecule has 0 aliphatic heterocycles. The minimum absolute atomic E-state index is 0.00242. The van der Waals surface area contributed by atoms with Crippen molar-refractivity contribution in [3.63, 3.8) is 0 Å². The second-order valence-corrected chi connectivity index (χ2v) is 8.60. The van der Waals surface area contributed by atoms with Gasteiger partial charge in [-0.1, -0.05) is 0 Å². The minimum Gasteiger partial charge on any atom is -0.424 e. The maximum absolute atomic E-state index is 12.6. The lowest BCUT2D eigenvalue weighted by Crippen LogP contribution is -2.35. The molecule has 1 N–H and O–H groups in total. The number of carbonyl (C=O) groups excluding carboxylic acids is 1. The van der Waals surface area contributed by atoms with Crippen molar-refractivity contribution in [1.29, 1.82) is 5.26 Å². The molecule has 1 heterocycles. The van der Waals surface area contributed by atoms with Crippen LogP contribution in [0, 0.1) is 18.3 Å². The number of rotatable bonds is 7. The molecule has 0 fully saturated rings. The maximum Gasteiger partial charge on any atom is 0.321 e. The Labute approximate surface area is 180 Å². The summed E-state index contributed by atoms with van der Waals surface area (Å²) in [6.45, 7) is 1.41. The van der Waals surface area contributed by atoms with Gasteiger partial charge in [-0.3, -0.25) is 4.79 Å². The molecule has 2 aromatic carbocycles. The van der Waals surface area contributed by atoms with Crippen LogP contribution in [0.25, 0.3) is 0 Å². The minimum atomic E-state index is -3.87. The van der Waals surface area contributed by atoms with E-state index in [1.165, 1.54) is 31.3 Å². The fraction of sp³-hybridized carbons (Fsp3) is 0.143. The number of nitrogens with zero attached hydrogens (tertiary/aromatic N) is 4. The Balaban J connectivity index is 1.65. The molecular formula is C21H19N5O4S. The maximum atomic E-state index is 12.6. The van der Waals surface area contributed by atoms with Gasteiger partial charge in [0.2, 0.25) is 15.9 Å². The van der Waals surface area contributed by atoms with Crippen molar-refractivity contribution < 1.29 is 17.9 Å².